The minimum atomic E-state index is -0.966. The number of nitrogens with zero attached hydrogens (tertiary/aromatic N) is 1. The maximum absolute atomic E-state index is 12.7. The number of nitrogens with one attached hydrogen (secondary N) is 1. The van der Waals surface area contributed by atoms with Gasteiger partial charge in [-0.05, 0) is 50.3 Å². The molecular formula is C19H22N2O4. The highest BCUT2D eigenvalue weighted by Gasteiger charge is 2.32. The molecule has 25 heavy (non-hydrogen) atoms. The summed E-state index contributed by atoms with van der Waals surface area (Å²) in [7, 11) is 0. The van der Waals surface area contributed by atoms with Crippen LogP contribution in [0.4, 0.5) is 5.69 Å². The monoisotopic (exact) mass is 342 g/mol. The lowest BCUT2D eigenvalue weighted by Gasteiger charge is -2.33. The maximum atomic E-state index is 12.7. The average molecular weight is 342 g/mol. The molecule has 0 saturated carbocycles. The summed E-state index contributed by atoms with van der Waals surface area (Å²) in [5, 5.41) is 12.2. The predicted molar refractivity (Wildman–Crippen MR) is 93.2 cm³/mol. The van der Waals surface area contributed by atoms with Crippen molar-refractivity contribution in [3.8, 4) is 0 Å². The number of piperidine rings is 1. The van der Waals surface area contributed by atoms with Crippen LogP contribution in [0, 0.1) is 5.92 Å². The Bertz CT molecular complexity index is 705. The normalized spacial score (nSPS) is 20.5. The van der Waals surface area contributed by atoms with Crippen LogP contribution in [-0.4, -0.2) is 40.4 Å². The van der Waals surface area contributed by atoms with Gasteiger partial charge in [-0.25, -0.2) is 4.79 Å². The molecule has 1 aliphatic heterocycles. The van der Waals surface area contributed by atoms with Gasteiger partial charge in [-0.2, -0.15) is 0 Å². The Morgan fingerprint density at radius 3 is 2.60 bits per heavy atom. The highest BCUT2D eigenvalue weighted by atomic mass is 16.4. The van der Waals surface area contributed by atoms with E-state index in [1.807, 2.05) is 12.2 Å². The van der Waals surface area contributed by atoms with Crippen LogP contribution in [0.3, 0.4) is 0 Å². The van der Waals surface area contributed by atoms with E-state index in [9.17, 15) is 19.5 Å². The van der Waals surface area contributed by atoms with Crippen LogP contribution >= 0.6 is 0 Å². The molecule has 132 valence electrons. The van der Waals surface area contributed by atoms with Crippen molar-refractivity contribution < 1.29 is 19.5 Å². The first-order valence-corrected chi connectivity index (χ1v) is 8.66. The highest BCUT2D eigenvalue weighted by Crippen LogP contribution is 2.23. The Morgan fingerprint density at radius 1 is 1.12 bits per heavy atom. The molecule has 1 aliphatic carbocycles. The van der Waals surface area contributed by atoms with Crippen LogP contribution in [0.2, 0.25) is 0 Å². The summed E-state index contributed by atoms with van der Waals surface area (Å²) in [5.74, 6) is -1.38. The second-order valence-electron chi connectivity index (χ2n) is 6.56. The van der Waals surface area contributed by atoms with Crippen molar-refractivity contribution >= 4 is 23.5 Å². The second-order valence-corrected chi connectivity index (χ2v) is 6.56. The van der Waals surface area contributed by atoms with Gasteiger partial charge in [-0.1, -0.05) is 18.2 Å². The molecule has 0 bridgehead atoms. The van der Waals surface area contributed by atoms with E-state index >= 15 is 0 Å². The molecule has 1 heterocycles. The second kappa shape index (κ2) is 7.51. The van der Waals surface area contributed by atoms with Gasteiger partial charge in [-0.15, -0.1) is 0 Å². The minimum absolute atomic E-state index is 0.0576. The number of amides is 2. The van der Waals surface area contributed by atoms with Crippen LogP contribution < -0.4 is 5.32 Å². The molecule has 0 aromatic heterocycles. The van der Waals surface area contributed by atoms with Crippen molar-refractivity contribution in [1.82, 2.24) is 4.90 Å². The Morgan fingerprint density at radius 2 is 1.88 bits per heavy atom. The fourth-order valence-electron chi connectivity index (χ4n) is 3.40. The lowest BCUT2D eigenvalue weighted by molar-refractivity contribution is -0.143. The first-order valence-electron chi connectivity index (χ1n) is 8.66. The number of carbonyl (C=O) groups excluding carboxylic acids is 2. The van der Waals surface area contributed by atoms with Crippen molar-refractivity contribution in [2.75, 3.05) is 11.9 Å². The van der Waals surface area contributed by atoms with Gasteiger partial charge in [0.25, 0.3) is 5.91 Å². The van der Waals surface area contributed by atoms with E-state index in [0.29, 0.717) is 24.2 Å². The predicted octanol–water partition coefficient (Wildman–Crippen LogP) is 2.67. The van der Waals surface area contributed by atoms with Crippen LogP contribution in [0.1, 0.15) is 42.5 Å². The van der Waals surface area contributed by atoms with E-state index in [1.54, 1.807) is 24.3 Å². The Balaban J connectivity index is 1.72. The van der Waals surface area contributed by atoms with Crippen molar-refractivity contribution in [1.29, 1.82) is 0 Å². The van der Waals surface area contributed by atoms with Crippen LogP contribution in [0.25, 0.3) is 0 Å². The Kier molecular flexibility index (Phi) is 5.16. The van der Waals surface area contributed by atoms with E-state index in [0.717, 1.165) is 25.7 Å². The Hall–Kier alpha value is -2.63. The lowest BCUT2D eigenvalue weighted by Crippen LogP contribution is -2.48. The van der Waals surface area contributed by atoms with Crippen LogP contribution in [0.5, 0.6) is 0 Å². The third-order valence-corrected chi connectivity index (χ3v) is 4.80. The first kappa shape index (κ1) is 17.2. The zero-order chi connectivity index (χ0) is 17.8. The van der Waals surface area contributed by atoms with Crippen molar-refractivity contribution in [2.45, 2.75) is 38.1 Å². The summed E-state index contributed by atoms with van der Waals surface area (Å²) in [6, 6.07) is 5.94. The fourth-order valence-corrected chi connectivity index (χ4v) is 3.40. The van der Waals surface area contributed by atoms with Gasteiger partial charge in [0.05, 0.1) is 0 Å². The van der Waals surface area contributed by atoms with Gasteiger partial charge >= 0.3 is 5.97 Å². The van der Waals surface area contributed by atoms with Gasteiger partial charge in [-0.3, -0.25) is 9.59 Å². The molecule has 0 spiro atoms. The molecule has 1 atom stereocenters. The fraction of sp³-hybridized carbons (Fsp3) is 0.421. The van der Waals surface area contributed by atoms with E-state index in [-0.39, 0.29) is 17.7 Å². The molecule has 1 fully saturated rings. The SMILES string of the molecule is O=C(Nc1cccc(C(=O)N2CCCCC2C(=O)O)c1)C1CC=CC1. The van der Waals surface area contributed by atoms with Gasteiger partial charge in [0.2, 0.25) is 5.91 Å². The van der Waals surface area contributed by atoms with Gasteiger partial charge in [0, 0.05) is 23.7 Å². The molecule has 1 unspecified atom stereocenters. The van der Waals surface area contributed by atoms with Crippen molar-refractivity contribution in [3.63, 3.8) is 0 Å². The summed E-state index contributed by atoms with van der Waals surface area (Å²) >= 11 is 0. The summed E-state index contributed by atoms with van der Waals surface area (Å²) in [5.41, 5.74) is 0.960. The topological polar surface area (TPSA) is 86.7 Å². The van der Waals surface area contributed by atoms with Crippen LogP contribution in [0.15, 0.2) is 36.4 Å². The Labute approximate surface area is 146 Å². The number of carboxylic acid groups (broad SMARTS) is 1. The molecule has 3 rings (SSSR count). The van der Waals surface area contributed by atoms with Gasteiger partial charge in [0.15, 0.2) is 0 Å². The zero-order valence-electron chi connectivity index (χ0n) is 14.0. The largest absolute Gasteiger partial charge is 0.480 e. The molecule has 1 aromatic rings. The lowest BCUT2D eigenvalue weighted by atomic mass is 10.0. The number of allylic oxidation sites excluding steroid dienone is 2. The van der Waals surface area contributed by atoms with E-state index in [2.05, 4.69) is 5.32 Å². The molecule has 1 saturated heterocycles. The summed E-state index contributed by atoms with van der Waals surface area (Å²) < 4.78 is 0. The molecular weight excluding hydrogens is 320 g/mol. The number of rotatable bonds is 4. The third kappa shape index (κ3) is 3.90. The number of hydrogen-bond acceptors (Lipinski definition) is 3. The number of anilines is 1. The molecule has 2 amide bonds. The van der Waals surface area contributed by atoms with Crippen LogP contribution in [-0.2, 0) is 9.59 Å². The number of benzene rings is 1. The van der Waals surface area contributed by atoms with E-state index < -0.39 is 12.0 Å². The summed E-state index contributed by atoms with van der Waals surface area (Å²) in [4.78, 5) is 37.8. The smallest absolute Gasteiger partial charge is 0.326 e. The standard InChI is InChI=1S/C19H22N2O4/c22-17(13-6-1-2-7-13)20-15-9-5-8-14(12-15)18(23)21-11-4-3-10-16(21)19(24)25/h1-2,5,8-9,12-13,16H,3-4,6-7,10-11H2,(H,20,22)(H,24,25). The molecule has 0 radical (unpaired) electrons. The van der Waals surface area contributed by atoms with Gasteiger partial charge < -0.3 is 15.3 Å². The molecule has 6 nitrogen and oxygen atoms in total. The molecule has 1 aromatic carbocycles. The zero-order valence-corrected chi connectivity index (χ0v) is 14.0. The van der Waals surface area contributed by atoms with E-state index in [1.165, 1.54) is 4.90 Å². The van der Waals surface area contributed by atoms with Gasteiger partial charge in [0.1, 0.15) is 6.04 Å². The third-order valence-electron chi connectivity index (χ3n) is 4.80. The van der Waals surface area contributed by atoms with E-state index in [4.69, 9.17) is 0 Å². The molecule has 2 aliphatic rings. The molecule has 2 N–H and O–H groups in total. The van der Waals surface area contributed by atoms with Crippen molar-refractivity contribution in [2.24, 2.45) is 5.92 Å². The number of carbonyl (C=O) groups is 3. The summed E-state index contributed by atoms with van der Waals surface area (Å²) in [6.07, 6.45) is 7.55. The maximum Gasteiger partial charge on any atom is 0.326 e. The number of carboxylic acids is 1. The number of aliphatic carboxylic acids is 1. The average Bonchev–Trinajstić information content (AvgIpc) is 3.16. The molecule has 6 heteroatoms. The minimum Gasteiger partial charge on any atom is -0.480 e. The highest BCUT2D eigenvalue weighted by molar-refractivity contribution is 5.99. The summed E-state index contributed by atoms with van der Waals surface area (Å²) in [6.45, 7) is 0.445. The quantitative estimate of drug-likeness (QED) is 0.824. The number of likely N-dealkylation sites (tertiary alicyclic amines) is 1. The first-order chi connectivity index (χ1) is 12.1. The number of hydrogen-bond donors (Lipinski definition) is 2. The van der Waals surface area contributed by atoms with Crippen molar-refractivity contribution in [3.05, 3.63) is 42.0 Å².